The summed E-state index contributed by atoms with van der Waals surface area (Å²) in [7, 11) is 1.58. The second-order valence-corrected chi connectivity index (χ2v) is 2.15. The molecule has 0 rings (SSSR count). The molecule has 0 radical (unpaired) electrons. The number of likely N-dealkylation sites (N-methyl/N-ethyl adjacent to an activating group) is 1. The van der Waals surface area contributed by atoms with Gasteiger partial charge in [-0.2, -0.15) is 0 Å². The Bertz CT molecular complexity index is 104. The summed E-state index contributed by atoms with van der Waals surface area (Å²) in [5.74, 6) is -0.0688. The quantitative estimate of drug-likeness (QED) is 0.462. The molecular weight excluding hydrogens is 132 g/mol. The van der Waals surface area contributed by atoms with E-state index >= 15 is 0 Å². The van der Waals surface area contributed by atoms with Crippen LogP contribution in [0, 0.1) is 0 Å². The maximum absolute atomic E-state index is 10.5. The Balaban J connectivity index is 3.12. The first-order valence-electron chi connectivity index (χ1n) is 3.26. The highest BCUT2D eigenvalue weighted by Crippen LogP contribution is 1.72. The Labute approximate surface area is 60.6 Å². The van der Waals surface area contributed by atoms with E-state index in [4.69, 9.17) is 5.11 Å². The lowest BCUT2D eigenvalue weighted by atomic mass is 10.4. The molecule has 0 saturated heterocycles. The van der Waals surface area contributed by atoms with E-state index in [1.54, 1.807) is 14.0 Å². The van der Waals surface area contributed by atoms with Crippen LogP contribution in [0.3, 0.4) is 0 Å². The van der Waals surface area contributed by atoms with E-state index in [-0.39, 0.29) is 12.5 Å². The van der Waals surface area contributed by atoms with Crippen LogP contribution >= 0.6 is 0 Å². The zero-order valence-corrected chi connectivity index (χ0v) is 6.35. The molecular formula is C6H14N2O2. The van der Waals surface area contributed by atoms with Crippen LogP contribution in [-0.2, 0) is 4.79 Å². The summed E-state index contributed by atoms with van der Waals surface area (Å²) < 4.78 is 0. The fourth-order valence-electron chi connectivity index (χ4n) is 0.483. The summed E-state index contributed by atoms with van der Waals surface area (Å²) in [6.07, 6.45) is -0.398. The Morgan fingerprint density at radius 1 is 1.70 bits per heavy atom. The maximum atomic E-state index is 10.5. The SMILES string of the molecule is CNC(=O)CNC[C@@H](C)O. The number of aliphatic hydroxyl groups excluding tert-OH is 1. The third-order valence-electron chi connectivity index (χ3n) is 1.00. The van der Waals surface area contributed by atoms with Gasteiger partial charge in [0.1, 0.15) is 0 Å². The summed E-state index contributed by atoms with van der Waals surface area (Å²) in [4.78, 5) is 10.5. The summed E-state index contributed by atoms with van der Waals surface area (Å²) in [5.41, 5.74) is 0. The van der Waals surface area contributed by atoms with Gasteiger partial charge in [-0.05, 0) is 6.92 Å². The van der Waals surface area contributed by atoms with E-state index in [0.29, 0.717) is 6.54 Å². The Hall–Kier alpha value is -0.610. The van der Waals surface area contributed by atoms with Gasteiger partial charge in [-0.1, -0.05) is 0 Å². The standard InChI is InChI=1S/C6H14N2O2/c1-5(9)3-8-4-6(10)7-2/h5,8-9H,3-4H2,1-2H3,(H,7,10)/t5-/m1/s1. The van der Waals surface area contributed by atoms with Gasteiger partial charge in [0, 0.05) is 13.6 Å². The number of amides is 1. The van der Waals surface area contributed by atoms with Crippen molar-refractivity contribution >= 4 is 5.91 Å². The van der Waals surface area contributed by atoms with Gasteiger partial charge in [0.05, 0.1) is 12.6 Å². The van der Waals surface area contributed by atoms with Gasteiger partial charge in [0.25, 0.3) is 0 Å². The van der Waals surface area contributed by atoms with Crippen LogP contribution < -0.4 is 10.6 Å². The highest BCUT2D eigenvalue weighted by molar-refractivity contribution is 5.77. The third-order valence-corrected chi connectivity index (χ3v) is 1.00. The smallest absolute Gasteiger partial charge is 0.233 e. The van der Waals surface area contributed by atoms with Gasteiger partial charge in [0.15, 0.2) is 0 Å². The van der Waals surface area contributed by atoms with Crippen LogP contribution in [0.4, 0.5) is 0 Å². The van der Waals surface area contributed by atoms with Crippen molar-refractivity contribution in [2.24, 2.45) is 0 Å². The molecule has 0 aliphatic rings. The number of carbonyl (C=O) groups excluding carboxylic acids is 1. The molecule has 1 atom stereocenters. The average Bonchev–Trinajstić information content (AvgIpc) is 1.87. The average molecular weight is 146 g/mol. The van der Waals surface area contributed by atoms with Crippen LogP contribution in [-0.4, -0.2) is 37.3 Å². The monoisotopic (exact) mass is 146 g/mol. The maximum Gasteiger partial charge on any atom is 0.233 e. The Morgan fingerprint density at radius 2 is 2.30 bits per heavy atom. The van der Waals surface area contributed by atoms with Gasteiger partial charge < -0.3 is 15.7 Å². The number of hydrogen-bond acceptors (Lipinski definition) is 3. The van der Waals surface area contributed by atoms with Crippen molar-refractivity contribution in [2.75, 3.05) is 20.1 Å². The van der Waals surface area contributed by atoms with Gasteiger partial charge in [0.2, 0.25) is 5.91 Å². The van der Waals surface area contributed by atoms with E-state index in [2.05, 4.69) is 10.6 Å². The first-order valence-corrected chi connectivity index (χ1v) is 3.26. The minimum Gasteiger partial charge on any atom is -0.392 e. The van der Waals surface area contributed by atoms with E-state index < -0.39 is 6.10 Å². The molecule has 3 N–H and O–H groups in total. The second kappa shape index (κ2) is 5.20. The first-order chi connectivity index (χ1) is 4.66. The molecule has 0 aromatic heterocycles. The summed E-state index contributed by atoms with van der Waals surface area (Å²) in [5, 5.41) is 14.0. The van der Waals surface area contributed by atoms with Crippen molar-refractivity contribution in [2.45, 2.75) is 13.0 Å². The highest BCUT2D eigenvalue weighted by atomic mass is 16.3. The van der Waals surface area contributed by atoms with Crippen molar-refractivity contribution in [3.05, 3.63) is 0 Å². The van der Waals surface area contributed by atoms with Crippen molar-refractivity contribution in [3.8, 4) is 0 Å². The van der Waals surface area contributed by atoms with Crippen LogP contribution in [0.5, 0.6) is 0 Å². The normalized spacial score (nSPS) is 12.7. The fourth-order valence-corrected chi connectivity index (χ4v) is 0.483. The number of carbonyl (C=O) groups is 1. The van der Waals surface area contributed by atoms with Gasteiger partial charge in [-0.15, -0.1) is 0 Å². The predicted molar refractivity (Wildman–Crippen MR) is 38.6 cm³/mol. The first kappa shape index (κ1) is 9.39. The second-order valence-electron chi connectivity index (χ2n) is 2.15. The minimum absolute atomic E-state index is 0.0688. The fraction of sp³-hybridized carbons (Fsp3) is 0.833. The molecule has 4 heteroatoms. The van der Waals surface area contributed by atoms with Crippen LogP contribution in [0.15, 0.2) is 0 Å². The largest absolute Gasteiger partial charge is 0.392 e. The summed E-state index contributed by atoms with van der Waals surface area (Å²) in [6.45, 7) is 2.38. The molecule has 0 aromatic rings. The lowest BCUT2D eigenvalue weighted by molar-refractivity contribution is -0.119. The molecule has 0 saturated carbocycles. The van der Waals surface area contributed by atoms with Gasteiger partial charge in [-0.3, -0.25) is 4.79 Å². The van der Waals surface area contributed by atoms with Crippen LogP contribution in [0.25, 0.3) is 0 Å². The Kier molecular flexibility index (Phi) is 4.88. The third kappa shape index (κ3) is 5.53. The zero-order chi connectivity index (χ0) is 7.98. The van der Waals surface area contributed by atoms with Crippen molar-refractivity contribution in [3.63, 3.8) is 0 Å². The molecule has 0 aromatic carbocycles. The van der Waals surface area contributed by atoms with Crippen molar-refractivity contribution < 1.29 is 9.90 Å². The molecule has 1 amide bonds. The molecule has 0 fully saturated rings. The number of nitrogens with one attached hydrogen (secondary N) is 2. The van der Waals surface area contributed by atoms with E-state index in [0.717, 1.165) is 0 Å². The van der Waals surface area contributed by atoms with Crippen molar-refractivity contribution in [1.82, 2.24) is 10.6 Å². The molecule has 60 valence electrons. The van der Waals surface area contributed by atoms with Crippen molar-refractivity contribution in [1.29, 1.82) is 0 Å². The van der Waals surface area contributed by atoms with Crippen LogP contribution in [0.2, 0.25) is 0 Å². The molecule has 0 aliphatic heterocycles. The van der Waals surface area contributed by atoms with E-state index in [9.17, 15) is 4.79 Å². The molecule has 0 spiro atoms. The van der Waals surface area contributed by atoms with E-state index in [1.165, 1.54) is 0 Å². The zero-order valence-electron chi connectivity index (χ0n) is 6.35. The highest BCUT2D eigenvalue weighted by Gasteiger charge is 1.97. The molecule has 0 heterocycles. The summed E-state index contributed by atoms with van der Waals surface area (Å²) in [6, 6.07) is 0. The molecule has 4 nitrogen and oxygen atoms in total. The van der Waals surface area contributed by atoms with E-state index in [1.807, 2.05) is 0 Å². The van der Waals surface area contributed by atoms with Gasteiger partial charge in [-0.25, -0.2) is 0 Å². The number of rotatable bonds is 4. The lowest BCUT2D eigenvalue weighted by Crippen LogP contribution is -2.34. The van der Waals surface area contributed by atoms with Gasteiger partial charge >= 0.3 is 0 Å². The number of aliphatic hydroxyl groups is 1. The molecule has 0 bridgehead atoms. The summed E-state index contributed by atoms with van der Waals surface area (Å²) >= 11 is 0. The Morgan fingerprint density at radius 3 is 2.70 bits per heavy atom. The molecule has 0 unspecified atom stereocenters. The predicted octanol–water partition coefficient (Wildman–Crippen LogP) is -1.30. The lowest BCUT2D eigenvalue weighted by Gasteiger charge is -2.04. The topological polar surface area (TPSA) is 61.4 Å². The number of hydrogen-bond donors (Lipinski definition) is 3. The van der Waals surface area contributed by atoms with Crippen LogP contribution in [0.1, 0.15) is 6.92 Å². The minimum atomic E-state index is -0.398. The molecule has 10 heavy (non-hydrogen) atoms. The molecule has 0 aliphatic carbocycles.